The van der Waals surface area contributed by atoms with E-state index in [1.54, 1.807) is 11.3 Å². The highest BCUT2D eigenvalue weighted by Crippen LogP contribution is 2.33. The van der Waals surface area contributed by atoms with Gasteiger partial charge < -0.3 is 14.8 Å². The third-order valence-electron chi connectivity index (χ3n) is 3.62. The third-order valence-corrected chi connectivity index (χ3v) is 4.69. The molecule has 0 saturated carbocycles. The predicted molar refractivity (Wildman–Crippen MR) is 89.8 cm³/mol. The number of fused-ring (bicyclic) bond motifs is 1. The molecule has 112 valence electrons. The normalized spacial score (nSPS) is 16.7. The second-order valence-electron chi connectivity index (χ2n) is 5.24. The fourth-order valence-electron chi connectivity index (χ4n) is 2.25. The van der Waals surface area contributed by atoms with Crippen LogP contribution in [0.25, 0.3) is 20.8 Å². The summed E-state index contributed by atoms with van der Waals surface area (Å²) in [6, 6.07) is 14.3. The highest BCUT2D eigenvalue weighted by molar-refractivity contribution is 7.21. The Bertz CT molecular complexity index is 794. The first kappa shape index (κ1) is 13.5. The number of aromatic nitrogens is 1. The van der Waals surface area contributed by atoms with Gasteiger partial charge in [-0.15, -0.1) is 11.3 Å². The highest BCUT2D eigenvalue weighted by atomic mass is 32.1. The maximum atomic E-state index is 5.73. The standard InChI is InChI=1S/C17H16N2O2S/c1-18-12-4-2-11(3-5-12)17-19-15-7-6-13(8-16(15)22-17)20-9-14-10-21-14/h2-8,14,18H,9-10H2,1H3/t14-/m1/s1. The predicted octanol–water partition coefficient (Wildman–Crippen LogP) is 3.78. The lowest BCUT2D eigenvalue weighted by Gasteiger charge is -2.02. The van der Waals surface area contributed by atoms with E-state index in [0.29, 0.717) is 6.61 Å². The zero-order valence-corrected chi connectivity index (χ0v) is 13.0. The molecule has 0 aliphatic carbocycles. The lowest BCUT2D eigenvalue weighted by molar-refractivity contribution is 0.263. The van der Waals surface area contributed by atoms with E-state index in [0.717, 1.165) is 38.8 Å². The van der Waals surface area contributed by atoms with E-state index in [9.17, 15) is 0 Å². The van der Waals surface area contributed by atoms with Crippen LogP contribution in [0.2, 0.25) is 0 Å². The van der Waals surface area contributed by atoms with Crippen molar-refractivity contribution in [3.8, 4) is 16.3 Å². The average molecular weight is 312 g/mol. The number of hydrogen-bond acceptors (Lipinski definition) is 5. The maximum absolute atomic E-state index is 5.73. The van der Waals surface area contributed by atoms with Gasteiger partial charge in [0, 0.05) is 18.3 Å². The third kappa shape index (κ3) is 2.77. The minimum absolute atomic E-state index is 0.276. The van der Waals surface area contributed by atoms with Crippen molar-refractivity contribution in [3.63, 3.8) is 0 Å². The molecule has 1 fully saturated rings. The van der Waals surface area contributed by atoms with Gasteiger partial charge in [0.2, 0.25) is 0 Å². The van der Waals surface area contributed by atoms with Crippen LogP contribution in [-0.4, -0.2) is 31.3 Å². The van der Waals surface area contributed by atoms with Crippen LogP contribution < -0.4 is 10.1 Å². The van der Waals surface area contributed by atoms with E-state index < -0.39 is 0 Å². The van der Waals surface area contributed by atoms with Crippen molar-refractivity contribution >= 4 is 27.2 Å². The number of ether oxygens (including phenoxy) is 2. The van der Waals surface area contributed by atoms with Crippen LogP contribution in [0.3, 0.4) is 0 Å². The van der Waals surface area contributed by atoms with Crippen molar-refractivity contribution < 1.29 is 9.47 Å². The molecule has 4 rings (SSSR count). The quantitative estimate of drug-likeness (QED) is 0.728. The number of nitrogens with one attached hydrogen (secondary N) is 1. The summed E-state index contributed by atoms with van der Waals surface area (Å²) in [5.74, 6) is 0.878. The summed E-state index contributed by atoms with van der Waals surface area (Å²) in [6.45, 7) is 1.44. The van der Waals surface area contributed by atoms with Crippen LogP contribution in [-0.2, 0) is 4.74 Å². The van der Waals surface area contributed by atoms with Gasteiger partial charge >= 0.3 is 0 Å². The minimum Gasteiger partial charge on any atom is -0.491 e. The summed E-state index contributed by atoms with van der Waals surface area (Å²) in [4.78, 5) is 4.71. The largest absolute Gasteiger partial charge is 0.491 e. The number of benzene rings is 2. The lowest BCUT2D eigenvalue weighted by Crippen LogP contribution is -2.03. The van der Waals surface area contributed by atoms with Gasteiger partial charge in [0.15, 0.2) is 0 Å². The molecule has 0 bridgehead atoms. The molecule has 2 heterocycles. The van der Waals surface area contributed by atoms with Crippen LogP contribution in [0, 0.1) is 0 Å². The number of hydrogen-bond donors (Lipinski definition) is 1. The van der Waals surface area contributed by atoms with Gasteiger partial charge in [-0.05, 0) is 42.5 Å². The number of thiazole rings is 1. The summed E-state index contributed by atoms with van der Waals surface area (Å²) in [7, 11) is 1.92. The fourth-order valence-corrected chi connectivity index (χ4v) is 3.25. The first-order valence-electron chi connectivity index (χ1n) is 7.25. The molecule has 0 spiro atoms. The summed E-state index contributed by atoms with van der Waals surface area (Å²) >= 11 is 1.69. The SMILES string of the molecule is CNc1ccc(-c2nc3ccc(OC[C@@H]4CO4)cc3s2)cc1. The smallest absolute Gasteiger partial charge is 0.124 e. The van der Waals surface area contributed by atoms with E-state index in [4.69, 9.17) is 14.5 Å². The van der Waals surface area contributed by atoms with E-state index in [2.05, 4.69) is 35.6 Å². The van der Waals surface area contributed by atoms with E-state index in [1.165, 1.54) is 0 Å². The molecule has 4 nitrogen and oxygen atoms in total. The van der Waals surface area contributed by atoms with E-state index >= 15 is 0 Å². The maximum Gasteiger partial charge on any atom is 0.124 e. The van der Waals surface area contributed by atoms with Crippen molar-refractivity contribution in [2.45, 2.75) is 6.10 Å². The molecular weight excluding hydrogens is 296 g/mol. The number of nitrogens with zero attached hydrogens (tertiary/aromatic N) is 1. The van der Waals surface area contributed by atoms with Crippen LogP contribution in [0.1, 0.15) is 0 Å². The Morgan fingerprint density at radius 2 is 2.09 bits per heavy atom. The van der Waals surface area contributed by atoms with E-state index in [1.807, 2.05) is 19.2 Å². The van der Waals surface area contributed by atoms with Crippen LogP contribution >= 0.6 is 11.3 Å². The first-order chi connectivity index (χ1) is 10.8. The zero-order valence-electron chi connectivity index (χ0n) is 12.2. The van der Waals surface area contributed by atoms with Crippen molar-refractivity contribution in [1.82, 2.24) is 4.98 Å². The second-order valence-corrected chi connectivity index (χ2v) is 6.27. The van der Waals surface area contributed by atoms with Crippen molar-refractivity contribution in [3.05, 3.63) is 42.5 Å². The van der Waals surface area contributed by atoms with Gasteiger partial charge in [0.25, 0.3) is 0 Å². The number of rotatable bonds is 5. The van der Waals surface area contributed by atoms with Gasteiger partial charge in [-0.1, -0.05) is 0 Å². The van der Waals surface area contributed by atoms with Gasteiger partial charge in [-0.2, -0.15) is 0 Å². The topological polar surface area (TPSA) is 46.7 Å². The molecule has 2 aromatic carbocycles. The Morgan fingerprint density at radius 1 is 1.27 bits per heavy atom. The van der Waals surface area contributed by atoms with Crippen molar-refractivity contribution in [2.75, 3.05) is 25.6 Å². The van der Waals surface area contributed by atoms with Crippen LogP contribution in [0.4, 0.5) is 5.69 Å². The van der Waals surface area contributed by atoms with Gasteiger partial charge in [0.1, 0.15) is 23.5 Å². The Labute approximate surface area is 132 Å². The Hall–Kier alpha value is -2.11. The van der Waals surface area contributed by atoms with Gasteiger partial charge in [0.05, 0.1) is 16.8 Å². The molecular formula is C17H16N2O2S. The number of epoxide rings is 1. The lowest BCUT2D eigenvalue weighted by atomic mass is 10.2. The Balaban J connectivity index is 1.60. The van der Waals surface area contributed by atoms with E-state index in [-0.39, 0.29) is 6.10 Å². The molecule has 1 N–H and O–H groups in total. The Kier molecular flexibility index (Phi) is 3.44. The summed E-state index contributed by atoms with van der Waals surface area (Å²) < 4.78 is 12.0. The second kappa shape index (κ2) is 5.59. The molecule has 1 aliphatic heterocycles. The molecule has 3 aromatic rings. The average Bonchev–Trinajstić information content (AvgIpc) is 3.30. The van der Waals surface area contributed by atoms with Crippen molar-refractivity contribution in [2.24, 2.45) is 0 Å². The first-order valence-corrected chi connectivity index (χ1v) is 8.07. The minimum atomic E-state index is 0.276. The fraction of sp³-hybridized carbons (Fsp3) is 0.235. The Morgan fingerprint density at radius 3 is 2.82 bits per heavy atom. The van der Waals surface area contributed by atoms with Crippen LogP contribution in [0.5, 0.6) is 5.75 Å². The molecule has 1 aliphatic rings. The molecule has 1 saturated heterocycles. The molecule has 1 aromatic heterocycles. The molecule has 22 heavy (non-hydrogen) atoms. The monoisotopic (exact) mass is 312 g/mol. The van der Waals surface area contributed by atoms with Crippen LogP contribution in [0.15, 0.2) is 42.5 Å². The molecule has 0 unspecified atom stereocenters. The highest BCUT2D eigenvalue weighted by Gasteiger charge is 2.23. The van der Waals surface area contributed by atoms with Crippen molar-refractivity contribution in [1.29, 1.82) is 0 Å². The number of anilines is 1. The molecule has 5 heteroatoms. The van der Waals surface area contributed by atoms with Gasteiger partial charge in [-0.25, -0.2) is 4.98 Å². The molecule has 0 radical (unpaired) electrons. The molecule has 0 amide bonds. The zero-order chi connectivity index (χ0) is 14.9. The summed E-state index contributed by atoms with van der Waals surface area (Å²) in [6.07, 6.45) is 0.276. The summed E-state index contributed by atoms with van der Waals surface area (Å²) in [5, 5.41) is 4.15. The summed E-state index contributed by atoms with van der Waals surface area (Å²) in [5.41, 5.74) is 3.24. The van der Waals surface area contributed by atoms with Gasteiger partial charge in [-0.3, -0.25) is 0 Å². The molecule has 1 atom stereocenters.